The van der Waals surface area contributed by atoms with Crippen LogP contribution in [-0.2, 0) is 4.79 Å². The third-order valence-electron chi connectivity index (χ3n) is 3.55. The third-order valence-corrected chi connectivity index (χ3v) is 3.55. The predicted molar refractivity (Wildman–Crippen MR) is 84.1 cm³/mol. The van der Waals surface area contributed by atoms with Crippen molar-refractivity contribution in [2.24, 2.45) is 5.92 Å². The lowest BCUT2D eigenvalue weighted by Gasteiger charge is -2.36. The van der Waals surface area contributed by atoms with Crippen LogP contribution in [0.15, 0.2) is 36.9 Å². The van der Waals surface area contributed by atoms with Gasteiger partial charge in [-0.25, -0.2) is 0 Å². The Bertz CT molecular complexity index is 487. The summed E-state index contributed by atoms with van der Waals surface area (Å²) in [5, 5.41) is 9.53. The lowest BCUT2D eigenvalue weighted by Crippen LogP contribution is -2.63. The highest BCUT2D eigenvalue weighted by Gasteiger charge is 2.32. The third kappa shape index (κ3) is 3.98. The monoisotopic (exact) mass is 289 g/mol. The molecule has 0 aliphatic carbocycles. The summed E-state index contributed by atoms with van der Waals surface area (Å²) >= 11 is 0. The van der Waals surface area contributed by atoms with Crippen LogP contribution >= 0.6 is 0 Å². The van der Waals surface area contributed by atoms with Crippen molar-refractivity contribution in [2.45, 2.75) is 32.6 Å². The van der Waals surface area contributed by atoms with Crippen molar-refractivity contribution >= 4 is 11.6 Å². The minimum atomic E-state index is -0.272. The number of nitrogens with one attached hydrogen (secondary N) is 3. The topological polar surface area (TPSA) is 62.4 Å². The molecule has 0 bridgehead atoms. The molecular weight excluding hydrogens is 266 g/mol. The molecule has 1 heterocycles. The number of benzene rings is 1. The van der Waals surface area contributed by atoms with E-state index in [2.05, 4.69) is 22.5 Å². The number of rotatable bonds is 6. The lowest BCUT2D eigenvalue weighted by molar-refractivity contribution is -0.128. The summed E-state index contributed by atoms with van der Waals surface area (Å²) in [4.78, 5) is 12.1. The first-order valence-electron chi connectivity index (χ1n) is 7.30. The average Bonchev–Trinajstić information content (AvgIpc) is 2.45. The fourth-order valence-corrected chi connectivity index (χ4v) is 2.45. The Morgan fingerprint density at radius 2 is 2.10 bits per heavy atom. The number of anilines is 1. The highest BCUT2D eigenvalue weighted by atomic mass is 16.5. The van der Waals surface area contributed by atoms with Crippen molar-refractivity contribution < 1.29 is 9.53 Å². The van der Waals surface area contributed by atoms with E-state index < -0.39 is 0 Å². The Morgan fingerprint density at radius 3 is 2.67 bits per heavy atom. The molecule has 1 aromatic rings. The fraction of sp³-hybridized carbons (Fsp3) is 0.438. The average molecular weight is 289 g/mol. The number of amides is 1. The van der Waals surface area contributed by atoms with Gasteiger partial charge in [-0.1, -0.05) is 6.08 Å². The Labute approximate surface area is 125 Å². The molecule has 0 saturated carbocycles. The van der Waals surface area contributed by atoms with Gasteiger partial charge in [-0.2, -0.15) is 0 Å². The van der Waals surface area contributed by atoms with E-state index in [-0.39, 0.29) is 24.2 Å². The Morgan fingerprint density at radius 1 is 1.38 bits per heavy atom. The van der Waals surface area contributed by atoms with Gasteiger partial charge in [0.05, 0.1) is 12.5 Å². The van der Waals surface area contributed by atoms with E-state index in [1.807, 2.05) is 38.1 Å². The SMILES string of the molecule is C=CCC1C(=O)NC(Nc2ccc(OCC)cc2)NC1C. The predicted octanol–water partition coefficient (Wildman–Crippen LogP) is 2.08. The molecule has 1 aromatic carbocycles. The van der Waals surface area contributed by atoms with E-state index in [0.717, 1.165) is 11.4 Å². The zero-order valence-electron chi connectivity index (χ0n) is 12.6. The molecule has 1 fully saturated rings. The van der Waals surface area contributed by atoms with Gasteiger partial charge < -0.3 is 15.4 Å². The van der Waals surface area contributed by atoms with Crippen LogP contribution in [0.5, 0.6) is 5.75 Å². The van der Waals surface area contributed by atoms with Gasteiger partial charge in [0, 0.05) is 11.7 Å². The van der Waals surface area contributed by atoms with Gasteiger partial charge in [-0.3, -0.25) is 10.1 Å². The molecule has 0 radical (unpaired) electrons. The Hall–Kier alpha value is -2.01. The molecule has 1 aliphatic heterocycles. The van der Waals surface area contributed by atoms with Crippen molar-refractivity contribution in [3.05, 3.63) is 36.9 Å². The fourth-order valence-electron chi connectivity index (χ4n) is 2.45. The lowest BCUT2D eigenvalue weighted by atomic mass is 9.94. The van der Waals surface area contributed by atoms with Crippen LogP contribution in [0.1, 0.15) is 20.3 Å². The largest absolute Gasteiger partial charge is 0.494 e. The summed E-state index contributed by atoms with van der Waals surface area (Å²) < 4.78 is 5.40. The van der Waals surface area contributed by atoms with E-state index in [0.29, 0.717) is 13.0 Å². The molecule has 2 rings (SSSR count). The van der Waals surface area contributed by atoms with E-state index in [9.17, 15) is 4.79 Å². The molecule has 0 spiro atoms. The molecule has 1 amide bonds. The van der Waals surface area contributed by atoms with Crippen molar-refractivity contribution in [3.63, 3.8) is 0 Å². The smallest absolute Gasteiger partial charge is 0.227 e. The molecule has 21 heavy (non-hydrogen) atoms. The molecular formula is C16H23N3O2. The van der Waals surface area contributed by atoms with Crippen LogP contribution in [0.25, 0.3) is 0 Å². The normalized spacial score (nSPS) is 25.0. The summed E-state index contributed by atoms with van der Waals surface area (Å²) in [5.74, 6) is 0.813. The molecule has 5 heteroatoms. The zero-order valence-corrected chi connectivity index (χ0v) is 12.6. The van der Waals surface area contributed by atoms with Crippen molar-refractivity contribution in [2.75, 3.05) is 11.9 Å². The molecule has 114 valence electrons. The maximum Gasteiger partial charge on any atom is 0.227 e. The maximum atomic E-state index is 12.1. The summed E-state index contributed by atoms with van der Waals surface area (Å²) in [7, 11) is 0. The summed E-state index contributed by atoms with van der Waals surface area (Å²) in [6.07, 6.45) is 2.19. The van der Waals surface area contributed by atoms with E-state index in [1.54, 1.807) is 6.08 Å². The van der Waals surface area contributed by atoms with Crippen molar-refractivity contribution in [3.8, 4) is 5.75 Å². The van der Waals surface area contributed by atoms with Gasteiger partial charge in [0.15, 0.2) is 6.29 Å². The van der Waals surface area contributed by atoms with Crippen LogP contribution in [0.2, 0.25) is 0 Å². The van der Waals surface area contributed by atoms with Gasteiger partial charge in [0.25, 0.3) is 0 Å². The number of carbonyl (C=O) groups is 1. The summed E-state index contributed by atoms with van der Waals surface area (Å²) in [5.41, 5.74) is 0.922. The zero-order chi connectivity index (χ0) is 15.2. The number of allylic oxidation sites excluding steroid dienone is 1. The first-order valence-corrected chi connectivity index (χ1v) is 7.30. The summed E-state index contributed by atoms with van der Waals surface area (Å²) in [6, 6.07) is 7.76. The highest BCUT2D eigenvalue weighted by molar-refractivity contribution is 5.81. The molecule has 3 atom stereocenters. The second-order valence-electron chi connectivity index (χ2n) is 5.13. The van der Waals surface area contributed by atoms with Crippen LogP contribution in [0.3, 0.4) is 0 Å². The quantitative estimate of drug-likeness (QED) is 0.702. The standard InChI is InChI=1S/C16H23N3O2/c1-4-6-14-11(3)17-16(19-15(14)20)18-12-7-9-13(10-8-12)21-5-2/h4,7-11,14,16-18H,1,5-6H2,2-3H3,(H,19,20). The van der Waals surface area contributed by atoms with Crippen molar-refractivity contribution in [1.82, 2.24) is 10.6 Å². The van der Waals surface area contributed by atoms with Crippen LogP contribution in [0.4, 0.5) is 5.69 Å². The molecule has 1 aliphatic rings. The number of hydrogen-bond acceptors (Lipinski definition) is 4. The van der Waals surface area contributed by atoms with Gasteiger partial charge in [-0.05, 0) is 44.5 Å². The van der Waals surface area contributed by atoms with E-state index >= 15 is 0 Å². The van der Waals surface area contributed by atoms with Crippen LogP contribution < -0.4 is 20.7 Å². The van der Waals surface area contributed by atoms with Gasteiger partial charge in [0.1, 0.15) is 5.75 Å². The Kier molecular flexibility index (Phi) is 5.22. The van der Waals surface area contributed by atoms with Crippen molar-refractivity contribution in [1.29, 1.82) is 0 Å². The minimum Gasteiger partial charge on any atom is -0.494 e. The number of carbonyl (C=O) groups excluding carboxylic acids is 1. The maximum absolute atomic E-state index is 12.1. The first-order chi connectivity index (χ1) is 10.1. The second kappa shape index (κ2) is 7.13. The molecule has 0 aromatic heterocycles. The highest BCUT2D eigenvalue weighted by Crippen LogP contribution is 2.18. The molecule has 5 nitrogen and oxygen atoms in total. The first kappa shape index (κ1) is 15.4. The number of ether oxygens (including phenoxy) is 1. The van der Waals surface area contributed by atoms with Crippen LogP contribution in [-0.4, -0.2) is 24.8 Å². The molecule has 3 N–H and O–H groups in total. The van der Waals surface area contributed by atoms with E-state index in [4.69, 9.17) is 4.74 Å². The van der Waals surface area contributed by atoms with E-state index in [1.165, 1.54) is 0 Å². The molecule has 3 unspecified atom stereocenters. The van der Waals surface area contributed by atoms with Gasteiger partial charge in [0.2, 0.25) is 5.91 Å². The minimum absolute atomic E-state index is 0.0459. The van der Waals surface area contributed by atoms with Gasteiger partial charge >= 0.3 is 0 Å². The summed E-state index contributed by atoms with van der Waals surface area (Å²) in [6.45, 7) is 8.31. The molecule has 1 saturated heterocycles. The Balaban J connectivity index is 1.94. The van der Waals surface area contributed by atoms with Crippen LogP contribution in [0, 0.1) is 5.92 Å². The van der Waals surface area contributed by atoms with Gasteiger partial charge in [-0.15, -0.1) is 6.58 Å². The number of hydrogen-bond donors (Lipinski definition) is 3. The second-order valence-corrected chi connectivity index (χ2v) is 5.13.